The quantitative estimate of drug-likeness (QED) is 0.0306. The van der Waals surface area contributed by atoms with E-state index in [1.54, 1.807) is 0 Å². The molecule has 0 saturated carbocycles. The fourth-order valence-corrected chi connectivity index (χ4v) is 7.26. The maximum Gasteiger partial charge on any atom is 0.305 e. The van der Waals surface area contributed by atoms with Crippen LogP contribution in [0.15, 0.2) is 115 Å². The Labute approximate surface area is 319 Å². The molecule has 0 aliphatic heterocycles. The van der Waals surface area contributed by atoms with E-state index in [9.17, 15) is 9.59 Å². The minimum atomic E-state index is -0.964. The van der Waals surface area contributed by atoms with Crippen molar-refractivity contribution in [2.75, 3.05) is 13.2 Å². The van der Waals surface area contributed by atoms with Gasteiger partial charge in [-0.1, -0.05) is 167 Å². The van der Waals surface area contributed by atoms with Gasteiger partial charge in [0.15, 0.2) is 6.10 Å². The van der Waals surface area contributed by atoms with E-state index < -0.39 is 17.7 Å². The van der Waals surface area contributed by atoms with Gasteiger partial charge < -0.3 is 14.2 Å². The molecular formula is C45H55IO5. The van der Waals surface area contributed by atoms with Crippen LogP contribution < -0.4 is 0 Å². The van der Waals surface area contributed by atoms with Crippen molar-refractivity contribution in [2.24, 2.45) is 0 Å². The first-order valence-electron chi connectivity index (χ1n) is 18.8. The van der Waals surface area contributed by atoms with Gasteiger partial charge >= 0.3 is 11.9 Å². The van der Waals surface area contributed by atoms with Gasteiger partial charge in [0, 0.05) is 16.9 Å². The highest BCUT2D eigenvalue weighted by molar-refractivity contribution is 14.1. The topological polar surface area (TPSA) is 61.8 Å². The van der Waals surface area contributed by atoms with E-state index in [-0.39, 0.29) is 19.2 Å². The molecule has 0 bridgehead atoms. The van der Waals surface area contributed by atoms with Gasteiger partial charge in [0.25, 0.3) is 0 Å². The van der Waals surface area contributed by atoms with E-state index >= 15 is 0 Å². The predicted octanol–water partition coefficient (Wildman–Crippen LogP) is 11.4. The molecule has 0 saturated heterocycles. The number of aryl methyl sites for hydroxylation is 1. The standard InChI is InChI=1S/C45H55IO5/c1-37(47)51-43(36-50-45(39-26-16-12-17-27-39,40-28-18-13-19-29-40)41-30-20-14-21-31-41)35-49-44(48)33-22-11-9-7-5-3-2-4-6-8-10-15-24-38-25-23-32-42(46)34-38/h12-14,16-21,23,25-32,34,43H,2-11,15,22,24,33,35-36H2,1H3. The summed E-state index contributed by atoms with van der Waals surface area (Å²) in [7, 11) is 0. The smallest absolute Gasteiger partial charge is 0.305 e. The van der Waals surface area contributed by atoms with Crippen molar-refractivity contribution in [1.82, 2.24) is 0 Å². The summed E-state index contributed by atoms with van der Waals surface area (Å²) in [5, 5.41) is 0. The molecule has 0 aliphatic rings. The van der Waals surface area contributed by atoms with Crippen LogP contribution in [0.1, 0.15) is 113 Å². The molecule has 51 heavy (non-hydrogen) atoms. The molecule has 1 unspecified atom stereocenters. The minimum Gasteiger partial charge on any atom is -0.462 e. The van der Waals surface area contributed by atoms with Crippen LogP contribution in [-0.4, -0.2) is 31.3 Å². The summed E-state index contributed by atoms with van der Waals surface area (Å²) in [5.74, 6) is -0.718. The van der Waals surface area contributed by atoms with Crippen molar-refractivity contribution in [3.63, 3.8) is 0 Å². The van der Waals surface area contributed by atoms with E-state index in [0.29, 0.717) is 6.42 Å². The zero-order chi connectivity index (χ0) is 36.0. The van der Waals surface area contributed by atoms with Crippen molar-refractivity contribution in [2.45, 2.75) is 109 Å². The fourth-order valence-electron chi connectivity index (χ4n) is 6.65. The van der Waals surface area contributed by atoms with Gasteiger partial charge in [0.2, 0.25) is 0 Å². The zero-order valence-corrected chi connectivity index (χ0v) is 32.4. The number of halogens is 1. The molecule has 4 aromatic carbocycles. The highest BCUT2D eigenvalue weighted by Crippen LogP contribution is 2.40. The van der Waals surface area contributed by atoms with Crippen LogP contribution in [-0.2, 0) is 35.8 Å². The van der Waals surface area contributed by atoms with Crippen molar-refractivity contribution in [3.8, 4) is 0 Å². The molecule has 6 heteroatoms. The third kappa shape index (κ3) is 14.2. The Morgan fingerprint density at radius 3 is 1.53 bits per heavy atom. The number of esters is 2. The summed E-state index contributed by atoms with van der Waals surface area (Å²) in [4.78, 5) is 24.8. The van der Waals surface area contributed by atoms with Gasteiger partial charge in [-0.2, -0.15) is 0 Å². The number of hydrogen-bond donors (Lipinski definition) is 0. The molecule has 4 rings (SSSR count). The molecule has 4 aromatic rings. The number of benzene rings is 4. The van der Waals surface area contributed by atoms with E-state index in [1.807, 2.05) is 91.0 Å². The Hall–Kier alpha value is -3.49. The molecule has 272 valence electrons. The van der Waals surface area contributed by atoms with Gasteiger partial charge in [-0.3, -0.25) is 9.59 Å². The number of carbonyl (C=O) groups is 2. The first kappa shape index (κ1) is 40.3. The Balaban J connectivity index is 1.14. The lowest BCUT2D eigenvalue weighted by Crippen LogP contribution is -2.38. The third-order valence-corrected chi connectivity index (χ3v) is 9.95. The second-order valence-electron chi connectivity index (χ2n) is 13.4. The zero-order valence-electron chi connectivity index (χ0n) is 30.3. The van der Waals surface area contributed by atoms with Crippen LogP contribution >= 0.6 is 22.6 Å². The predicted molar refractivity (Wildman–Crippen MR) is 215 cm³/mol. The van der Waals surface area contributed by atoms with Crippen LogP contribution in [0.4, 0.5) is 0 Å². The van der Waals surface area contributed by atoms with Gasteiger partial charge in [-0.15, -0.1) is 0 Å². The highest BCUT2D eigenvalue weighted by Gasteiger charge is 2.38. The van der Waals surface area contributed by atoms with Crippen LogP contribution in [0.25, 0.3) is 0 Å². The Morgan fingerprint density at radius 1 is 0.588 bits per heavy atom. The van der Waals surface area contributed by atoms with E-state index in [4.69, 9.17) is 14.2 Å². The Kier molecular flexibility index (Phi) is 18.3. The lowest BCUT2D eigenvalue weighted by atomic mass is 9.80. The summed E-state index contributed by atoms with van der Waals surface area (Å²) < 4.78 is 19.4. The maximum atomic E-state index is 12.7. The van der Waals surface area contributed by atoms with Crippen molar-refractivity contribution < 1.29 is 23.8 Å². The summed E-state index contributed by atoms with van der Waals surface area (Å²) in [6.07, 6.45) is 15.5. The number of hydrogen-bond acceptors (Lipinski definition) is 5. The first-order valence-corrected chi connectivity index (χ1v) is 19.9. The van der Waals surface area contributed by atoms with Gasteiger partial charge in [-0.25, -0.2) is 0 Å². The lowest BCUT2D eigenvalue weighted by molar-refractivity contribution is -0.163. The molecular weight excluding hydrogens is 747 g/mol. The SMILES string of the molecule is CC(=O)OC(COC(=O)CCCCCCCCCCCCCCc1cccc(I)c1)COC(c1ccccc1)(c1ccccc1)c1ccccc1. The summed E-state index contributed by atoms with van der Waals surface area (Å²) in [5.41, 5.74) is 3.33. The molecule has 0 fully saturated rings. The second-order valence-corrected chi connectivity index (χ2v) is 14.6. The third-order valence-electron chi connectivity index (χ3n) is 9.27. The van der Waals surface area contributed by atoms with Crippen LogP contribution in [0.2, 0.25) is 0 Å². The summed E-state index contributed by atoms with van der Waals surface area (Å²) >= 11 is 2.39. The van der Waals surface area contributed by atoms with Gasteiger partial charge in [-0.05, 0) is 76.2 Å². The average Bonchev–Trinajstić information content (AvgIpc) is 3.15. The number of rotatable bonds is 24. The Morgan fingerprint density at radius 2 is 1.06 bits per heavy atom. The largest absolute Gasteiger partial charge is 0.462 e. The van der Waals surface area contributed by atoms with Gasteiger partial charge in [0.1, 0.15) is 12.2 Å². The van der Waals surface area contributed by atoms with E-state index in [2.05, 4.69) is 46.9 Å². The number of ether oxygens (including phenoxy) is 3. The maximum absolute atomic E-state index is 12.7. The van der Waals surface area contributed by atoms with Gasteiger partial charge in [0.05, 0.1) is 6.61 Å². The molecule has 0 heterocycles. The van der Waals surface area contributed by atoms with Crippen molar-refractivity contribution in [1.29, 1.82) is 0 Å². The molecule has 0 amide bonds. The fraction of sp³-hybridized carbons (Fsp3) is 0.422. The molecule has 0 spiro atoms. The van der Waals surface area contributed by atoms with Crippen molar-refractivity contribution >= 4 is 34.5 Å². The second kappa shape index (κ2) is 23.1. The highest BCUT2D eigenvalue weighted by atomic mass is 127. The van der Waals surface area contributed by atoms with E-state index in [1.165, 1.54) is 80.3 Å². The normalized spacial score (nSPS) is 12.0. The number of unbranched alkanes of at least 4 members (excludes halogenated alkanes) is 11. The molecule has 1 atom stereocenters. The monoisotopic (exact) mass is 802 g/mol. The first-order chi connectivity index (χ1) is 25.0. The average molecular weight is 803 g/mol. The Bertz CT molecular complexity index is 1450. The minimum absolute atomic E-state index is 0.0410. The van der Waals surface area contributed by atoms with Crippen LogP contribution in [0.5, 0.6) is 0 Å². The molecule has 5 nitrogen and oxygen atoms in total. The van der Waals surface area contributed by atoms with Crippen molar-refractivity contribution in [3.05, 3.63) is 141 Å². The van der Waals surface area contributed by atoms with E-state index in [0.717, 1.165) is 36.0 Å². The van der Waals surface area contributed by atoms with Crippen LogP contribution in [0.3, 0.4) is 0 Å². The van der Waals surface area contributed by atoms with Crippen LogP contribution in [0, 0.1) is 3.57 Å². The lowest BCUT2D eigenvalue weighted by Gasteiger charge is -2.37. The number of carbonyl (C=O) groups excluding carboxylic acids is 2. The molecule has 0 aliphatic carbocycles. The molecule has 0 aromatic heterocycles. The summed E-state index contributed by atoms with van der Waals surface area (Å²) in [6.45, 7) is 1.35. The molecule has 0 radical (unpaired) electrons. The molecule has 0 N–H and O–H groups in total. The summed E-state index contributed by atoms with van der Waals surface area (Å²) in [6, 6.07) is 38.9.